The van der Waals surface area contributed by atoms with Gasteiger partial charge in [-0.05, 0) is 37.5 Å². The summed E-state index contributed by atoms with van der Waals surface area (Å²) in [6, 6.07) is 6.85. The molecule has 12 heterocycles. The minimum atomic E-state index is -2.36. The maximum atomic E-state index is 12.6. The maximum absolute atomic E-state index is 12.6. The van der Waals surface area contributed by atoms with Crippen molar-refractivity contribution in [1.29, 1.82) is 0 Å². The number of aryl methyl sites for hydroxylation is 3. The van der Waals surface area contributed by atoms with Gasteiger partial charge in [-0.3, -0.25) is 4.79 Å². The van der Waals surface area contributed by atoms with Crippen molar-refractivity contribution in [3.05, 3.63) is 124 Å². The molecule has 12 rings (SSSR count). The fraction of sp³-hybridized carbons (Fsp3) is 0.375. The number of aromatic nitrogens is 15. The van der Waals surface area contributed by atoms with Gasteiger partial charge in [0.05, 0.1) is 40.6 Å². The predicted octanol–water partition coefficient (Wildman–Crippen LogP) is 5.82. The molecule has 3 atom stereocenters. The molecule has 0 aromatic carbocycles. The molecule has 0 saturated heterocycles. The second-order valence-electron chi connectivity index (χ2n) is 17.4. The van der Waals surface area contributed by atoms with Crippen LogP contribution in [0.3, 0.4) is 0 Å². The molecule has 24 heteroatoms. The van der Waals surface area contributed by atoms with Gasteiger partial charge in [-0.2, -0.15) is 0 Å². The van der Waals surface area contributed by atoms with Gasteiger partial charge in [-0.1, -0.05) is 0 Å². The van der Waals surface area contributed by atoms with Crippen LogP contribution in [0.15, 0.2) is 74.4 Å². The molecule has 0 fully saturated rings. The number of likely N-dealkylation sites (N-methyl/N-ethyl adjacent to an activating group) is 3. The van der Waals surface area contributed by atoms with Gasteiger partial charge in [0.1, 0.15) is 76.5 Å². The molecule has 20 nitrogen and oxygen atoms in total. The van der Waals surface area contributed by atoms with Gasteiger partial charge >= 0.3 is 0 Å². The van der Waals surface area contributed by atoms with Crippen LogP contribution >= 0.6 is 0 Å². The number of alkyl halides is 2. The molecular formula is C48H58F2N18O2W2-2. The average Bonchev–Trinajstić information content (AvgIpc) is 4.23. The quantitative estimate of drug-likeness (QED) is 0.0935. The maximum Gasteiger partial charge on any atom is 0.244 e. The molecule has 0 amide bonds. The number of nitrogens with zero attached hydrogens (tertiary/aromatic N) is 15. The molecular weight excluding hydrogens is 1270 g/mol. The topological polar surface area (TPSA) is 225 Å². The largest absolute Gasteiger partial charge is 0.390 e. The Labute approximate surface area is 444 Å². The molecule has 9 aromatic rings. The number of H-pyrrole nitrogens is 3. The first-order chi connectivity index (χ1) is 33.1. The van der Waals surface area contributed by atoms with E-state index in [1.165, 1.54) is 0 Å². The first-order valence-corrected chi connectivity index (χ1v) is 22.7. The molecule has 3 aliphatic heterocycles. The molecule has 4 N–H and O–H groups in total. The Balaban J connectivity index is 0.000000172. The minimum Gasteiger partial charge on any atom is -0.390 e. The van der Waals surface area contributed by atoms with E-state index in [1.807, 2.05) is 60.8 Å². The average molecular weight is 1320 g/mol. The van der Waals surface area contributed by atoms with E-state index in [1.54, 1.807) is 25.2 Å². The van der Waals surface area contributed by atoms with E-state index in [0.29, 0.717) is 23.5 Å². The van der Waals surface area contributed by atoms with E-state index in [0.717, 1.165) is 138 Å². The SMILES string of the molecule is CN(c1ncnc2[nH]ccc12)C1CCn2cc(C=O)nc2C1.CN(c1ncnc2[nH]ccc12)C1CCn2cc(CC(F)F)nc2C1.CN(c1ncnc2[nH]ccc12)C1CCn2cc(CO)nc2C1.[CH3-].[CH3-].[W].[W]. The Morgan fingerprint density at radius 3 is 1.38 bits per heavy atom. The summed E-state index contributed by atoms with van der Waals surface area (Å²) in [5, 5.41) is 12.3. The minimum absolute atomic E-state index is 0. The van der Waals surface area contributed by atoms with E-state index < -0.39 is 6.43 Å². The van der Waals surface area contributed by atoms with Crippen molar-refractivity contribution in [3.8, 4) is 0 Å². The number of rotatable bonds is 10. The van der Waals surface area contributed by atoms with Crippen LogP contribution in [0.4, 0.5) is 26.2 Å². The second-order valence-corrected chi connectivity index (χ2v) is 17.4. The van der Waals surface area contributed by atoms with Crippen LogP contribution in [0.5, 0.6) is 0 Å². The summed E-state index contributed by atoms with van der Waals surface area (Å²) >= 11 is 0. The Morgan fingerprint density at radius 1 is 0.611 bits per heavy atom. The Morgan fingerprint density at radius 2 is 0.986 bits per heavy atom. The summed E-state index contributed by atoms with van der Waals surface area (Å²) in [5.74, 6) is 5.61. The van der Waals surface area contributed by atoms with Gasteiger partial charge in [0.2, 0.25) is 6.43 Å². The molecule has 0 radical (unpaired) electrons. The number of aromatic amines is 3. The Hall–Kier alpha value is -6.24. The molecule has 0 bridgehead atoms. The zero-order chi connectivity index (χ0) is 46.9. The van der Waals surface area contributed by atoms with E-state index >= 15 is 0 Å². The molecule has 0 aliphatic carbocycles. The third-order valence-electron chi connectivity index (χ3n) is 13.4. The number of aliphatic hydroxyl groups excluding tert-OH is 1. The zero-order valence-electron chi connectivity index (χ0n) is 40.7. The third kappa shape index (κ3) is 11.3. The standard InChI is InChI=1S/C16H18F2N6.C15H18N6O.C15H16N6O.2CH3.2W/c1-23(16-12-2-4-19-15(12)20-9-21-16)11-3-5-24-8-10(6-13(17)18)22-14(24)7-11;2*1-20(15-12-2-4-16-14(12)17-9-18-15)11-3-5-21-7-10(8-22)19-13(21)6-11;;;;/h2,4,8-9,11,13H,3,5-7H2,1H3,(H,19,20,21);2,4,7,9,11,22H,3,5-6,8H2,1H3,(H,16,17,18);2,4,7-9,11H,3,5-6H2,1H3,(H,16,17,18);2*1H3;;/q;;;2*-1;;. The number of nitrogens with one attached hydrogen (secondary N) is 3. The van der Waals surface area contributed by atoms with Crippen LogP contribution in [0.2, 0.25) is 0 Å². The van der Waals surface area contributed by atoms with E-state index in [-0.39, 0.29) is 76.1 Å². The number of hydrogen-bond acceptors (Lipinski definition) is 14. The molecule has 72 heavy (non-hydrogen) atoms. The van der Waals surface area contributed by atoms with E-state index in [4.69, 9.17) is 0 Å². The predicted molar refractivity (Wildman–Crippen MR) is 264 cm³/mol. The normalized spacial score (nSPS) is 16.5. The molecule has 3 unspecified atom stereocenters. The van der Waals surface area contributed by atoms with Gasteiger partial charge in [-0.25, -0.2) is 53.6 Å². The van der Waals surface area contributed by atoms with Gasteiger partial charge in [0.25, 0.3) is 0 Å². The molecule has 3 aliphatic rings. The van der Waals surface area contributed by atoms with Crippen LogP contribution in [0, 0.1) is 14.9 Å². The number of aldehydes is 1. The van der Waals surface area contributed by atoms with Crippen LogP contribution < -0.4 is 14.7 Å². The summed E-state index contributed by atoms with van der Waals surface area (Å²) in [6.07, 6.45) is 19.4. The van der Waals surface area contributed by atoms with Gasteiger partial charge in [0.15, 0.2) is 6.29 Å². The number of carbonyl (C=O) groups excluding carboxylic acids is 1. The number of fused-ring (bicyclic) bond motifs is 6. The molecule has 9 aromatic heterocycles. The fourth-order valence-electron chi connectivity index (χ4n) is 9.69. The van der Waals surface area contributed by atoms with E-state index in [2.05, 4.69) is 97.7 Å². The van der Waals surface area contributed by atoms with Gasteiger partial charge in [0, 0.05) is 157 Å². The summed E-state index contributed by atoms with van der Waals surface area (Å²) in [7, 11) is 6.14. The zero-order valence-corrected chi connectivity index (χ0v) is 46.6. The Bertz CT molecular complexity index is 3180. The summed E-state index contributed by atoms with van der Waals surface area (Å²) in [5.41, 5.74) is 4.23. The van der Waals surface area contributed by atoms with Gasteiger partial charge < -0.3 is 63.3 Å². The van der Waals surface area contributed by atoms with Crippen molar-refractivity contribution in [1.82, 2.24) is 73.5 Å². The van der Waals surface area contributed by atoms with Crippen molar-refractivity contribution >= 4 is 56.8 Å². The first kappa shape index (κ1) is 55.1. The van der Waals surface area contributed by atoms with Crippen molar-refractivity contribution in [2.75, 3.05) is 35.8 Å². The van der Waals surface area contributed by atoms with Crippen LogP contribution in [-0.2, 0) is 94.1 Å². The monoisotopic (exact) mass is 1320 g/mol. The molecule has 0 spiro atoms. The molecule has 380 valence electrons. The number of aliphatic hydroxyl groups is 1. The van der Waals surface area contributed by atoms with Crippen molar-refractivity contribution in [3.63, 3.8) is 0 Å². The van der Waals surface area contributed by atoms with Crippen molar-refractivity contribution in [2.24, 2.45) is 0 Å². The van der Waals surface area contributed by atoms with Crippen LogP contribution in [0.1, 0.15) is 58.6 Å². The van der Waals surface area contributed by atoms with Gasteiger partial charge in [-0.15, -0.1) is 0 Å². The van der Waals surface area contributed by atoms with Crippen molar-refractivity contribution in [2.45, 2.75) is 95.7 Å². The third-order valence-corrected chi connectivity index (χ3v) is 13.4. The molecule has 0 saturated carbocycles. The number of carbonyl (C=O) groups is 1. The summed E-state index contributed by atoms with van der Waals surface area (Å²) in [6.45, 7) is 2.56. The summed E-state index contributed by atoms with van der Waals surface area (Å²) in [4.78, 5) is 66.0. The second kappa shape index (κ2) is 24.0. The first-order valence-electron chi connectivity index (χ1n) is 22.7. The number of anilines is 3. The fourth-order valence-corrected chi connectivity index (χ4v) is 9.69. The Kier molecular flexibility index (Phi) is 18.3. The van der Waals surface area contributed by atoms with Crippen molar-refractivity contribution < 1.29 is 60.8 Å². The number of hydrogen-bond donors (Lipinski definition) is 4. The van der Waals surface area contributed by atoms with E-state index in [9.17, 15) is 18.7 Å². The van der Waals surface area contributed by atoms with Crippen LogP contribution in [-0.4, -0.2) is 131 Å². The summed E-state index contributed by atoms with van der Waals surface area (Å²) < 4.78 is 31.3. The number of halogens is 2. The van der Waals surface area contributed by atoms with Crippen LogP contribution in [0.25, 0.3) is 33.1 Å². The number of imidazole rings is 3. The smallest absolute Gasteiger partial charge is 0.244 e.